The van der Waals surface area contributed by atoms with Crippen LogP contribution in [0.4, 0.5) is 11.4 Å². The molecule has 1 amide bonds. The van der Waals surface area contributed by atoms with Crippen molar-refractivity contribution in [1.82, 2.24) is 5.32 Å². The molecule has 1 aliphatic rings. The van der Waals surface area contributed by atoms with E-state index in [-0.39, 0.29) is 16.7 Å². The second-order valence-corrected chi connectivity index (χ2v) is 6.59. The molecule has 0 spiro atoms. The van der Waals surface area contributed by atoms with Crippen LogP contribution >= 0.6 is 12.2 Å². The van der Waals surface area contributed by atoms with Gasteiger partial charge in [-0.15, -0.1) is 0 Å². The first-order valence-electron chi connectivity index (χ1n) is 8.43. The Labute approximate surface area is 152 Å². The van der Waals surface area contributed by atoms with Crippen LogP contribution in [0.15, 0.2) is 18.2 Å². The van der Waals surface area contributed by atoms with Crippen molar-refractivity contribution in [1.29, 1.82) is 0 Å². The van der Waals surface area contributed by atoms with Crippen LogP contribution in [0.25, 0.3) is 0 Å². The van der Waals surface area contributed by atoms with Gasteiger partial charge in [0.1, 0.15) is 5.75 Å². The highest BCUT2D eigenvalue weighted by Crippen LogP contribution is 2.29. The predicted octanol–water partition coefficient (Wildman–Crippen LogP) is 3.78. The number of nitrogens with zero attached hydrogens (tertiary/aromatic N) is 1. The number of non-ortho nitro benzene ring substituents is 1. The number of carbonyl (C=O) groups excluding carboxylic acids is 1. The van der Waals surface area contributed by atoms with E-state index in [0.717, 1.165) is 6.42 Å². The SMILES string of the molecule is COc1ccc([N+](=O)[O-])cc1NC(=S)NC(=O)CCC1CCCCC1. The molecule has 1 aliphatic carbocycles. The highest BCUT2D eigenvalue weighted by atomic mass is 32.1. The van der Waals surface area contributed by atoms with Crippen LogP contribution in [0, 0.1) is 16.0 Å². The fourth-order valence-electron chi connectivity index (χ4n) is 3.06. The van der Waals surface area contributed by atoms with Gasteiger partial charge in [-0.2, -0.15) is 0 Å². The number of ether oxygens (including phenoxy) is 1. The molecule has 25 heavy (non-hydrogen) atoms. The molecule has 0 saturated heterocycles. The lowest BCUT2D eigenvalue weighted by atomic mass is 9.86. The third-order valence-electron chi connectivity index (χ3n) is 4.40. The number of hydrogen-bond donors (Lipinski definition) is 2. The molecule has 1 aromatic rings. The van der Waals surface area contributed by atoms with Crippen LogP contribution in [0.5, 0.6) is 5.75 Å². The molecule has 0 aliphatic heterocycles. The second kappa shape index (κ2) is 9.31. The van der Waals surface area contributed by atoms with Gasteiger partial charge in [0.2, 0.25) is 5.91 Å². The van der Waals surface area contributed by atoms with Crippen molar-refractivity contribution >= 4 is 34.6 Å². The van der Waals surface area contributed by atoms with Gasteiger partial charge < -0.3 is 15.4 Å². The van der Waals surface area contributed by atoms with Crippen molar-refractivity contribution < 1.29 is 14.5 Å². The summed E-state index contributed by atoms with van der Waals surface area (Å²) in [6.07, 6.45) is 7.48. The van der Waals surface area contributed by atoms with Gasteiger partial charge in [0, 0.05) is 18.6 Å². The van der Waals surface area contributed by atoms with Crippen LogP contribution in [0.3, 0.4) is 0 Å². The largest absolute Gasteiger partial charge is 0.495 e. The number of thiocarbonyl (C=S) groups is 1. The minimum absolute atomic E-state index is 0.0882. The first-order valence-corrected chi connectivity index (χ1v) is 8.83. The fourth-order valence-corrected chi connectivity index (χ4v) is 3.28. The van der Waals surface area contributed by atoms with E-state index in [1.165, 1.54) is 57.4 Å². The van der Waals surface area contributed by atoms with Crippen LogP contribution in [-0.2, 0) is 4.79 Å². The summed E-state index contributed by atoms with van der Waals surface area (Å²) in [6, 6.07) is 4.14. The maximum atomic E-state index is 12.0. The maximum Gasteiger partial charge on any atom is 0.271 e. The topological polar surface area (TPSA) is 93.5 Å². The van der Waals surface area contributed by atoms with Gasteiger partial charge in [-0.1, -0.05) is 32.1 Å². The molecule has 2 rings (SSSR count). The molecule has 136 valence electrons. The molecule has 1 aromatic carbocycles. The average molecular weight is 365 g/mol. The molecule has 7 nitrogen and oxygen atoms in total. The van der Waals surface area contributed by atoms with Gasteiger partial charge in [0.05, 0.1) is 17.7 Å². The smallest absolute Gasteiger partial charge is 0.271 e. The Balaban J connectivity index is 1.87. The zero-order valence-electron chi connectivity index (χ0n) is 14.2. The summed E-state index contributed by atoms with van der Waals surface area (Å²) in [4.78, 5) is 22.4. The van der Waals surface area contributed by atoms with E-state index >= 15 is 0 Å². The number of amides is 1. The number of hydrogen-bond acceptors (Lipinski definition) is 5. The van der Waals surface area contributed by atoms with Crippen molar-refractivity contribution in [3.63, 3.8) is 0 Å². The fraction of sp³-hybridized carbons (Fsp3) is 0.529. The van der Waals surface area contributed by atoms with Crippen molar-refractivity contribution in [3.8, 4) is 5.75 Å². The summed E-state index contributed by atoms with van der Waals surface area (Å²) in [5, 5.41) is 16.4. The zero-order chi connectivity index (χ0) is 18.2. The second-order valence-electron chi connectivity index (χ2n) is 6.19. The normalized spacial score (nSPS) is 14.6. The van der Waals surface area contributed by atoms with Crippen LogP contribution in [0.2, 0.25) is 0 Å². The van der Waals surface area contributed by atoms with Crippen LogP contribution < -0.4 is 15.4 Å². The third kappa shape index (κ3) is 5.97. The summed E-state index contributed by atoms with van der Waals surface area (Å²) < 4.78 is 5.16. The van der Waals surface area contributed by atoms with Crippen molar-refractivity contribution in [2.24, 2.45) is 5.92 Å². The van der Waals surface area contributed by atoms with Gasteiger partial charge in [-0.3, -0.25) is 14.9 Å². The van der Waals surface area contributed by atoms with E-state index in [2.05, 4.69) is 10.6 Å². The monoisotopic (exact) mass is 365 g/mol. The van der Waals surface area contributed by atoms with Crippen LogP contribution in [-0.4, -0.2) is 23.1 Å². The molecule has 1 fully saturated rings. The lowest BCUT2D eigenvalue weighted by Gasteiger charge is -2.21. The average Bonchev–Trinajstić information content (AvgIpc) is 2.60. The first kappa shape index (κ1) is 19.1. The molecule has 0 atom stereocenters. The van der Waals surface area contributed by atoms with Crippen molar-refractivity contribution in [2.45, 2.75) is 44.9 Å². The van der Waals surface area contributed by atoms with Gasteiger partial charge in [0.25, 0.3) is 5.69 Å². The van der Waals surface area contributed by atoms with E-state index < -0.39 is 4.92 Å². The molecule has 0 bridgehead atoms. The number of anilines is 1. The number of rotatable bonds is 6. The van der Waals surface area contributed by atoms with E-state index in [9.17, 15) is 14.9 Å². The highest BCUT2D eigenvalue weighted by Gasteiger charge is 2.16. The highest BCUT2D eigenvalue weighted by molar-refractivity contribution is 7.80. The number of nitro groups is 1. The van der Waals surface area contributed by atoms with E-state index in [1.807, 2.05) is 0 Å². The minimum Gasteiger partial charge on any atom is -0.495 e. The third-order valence-corrected chi connectivity index (χ3v) is 4.60. The number of benzene rings is 1. The van der Waals surface area contributed by atoms with Gasteiger partial charge >= 0.3 is 0 Å². The summed E-state index contributed by atoms with van der Waals surface area (Å²) >= 11 is 5.13. The van der Waals surface area contributed by atoms with Gasteiger partial charge in [-0.25, -0.2) is 0 Å². The molecular formula is C17H23N3O4S. The number of nitrogens with one attached hydrogen (secondary N) is 2. The standard InChI is InChI=1S/C17H23N3O4S/c1-24-15-9-8-13(20(22)23)11-14(15)18-17(25)19-16(21)10-7-12-5-3-2-4-6-12/h8-9,11-12H,2-7,10H2,1H3,(H2,18,19,21,25). The predicted molar refractivity (Wildman–Crippen MR) is 99.8 cm³/mol. The Morgan fingerprint density at radius 3 is 2.72 bits per heavy atom. The Kier molecular flexibility index (Phi) is 7.12. The van der Waals surface area contributed by atoms with Crippen molar-refractivity contribution in [2.75, 3.05) is 12.4 Å². The number of nitro benzene ring substituents is 1. The quantitative estimate of drug-likeness (QED) is 0.453. The molecule has 8 heteroatoms. The molecule has 1 saturated carbocycles. The molecule has 0 aromatic heterocycles. The Bertz CT molecular complexity index is 645. The molecule has 0 heterocycles. The van der Waals surface area contributed by atoms with Gasteiger partial charge in [0.15, 0.2) is 5.11 Å². The van der Waals surface area contributed by atoms with E-state index in [4.69, 9.17) is 17.0 Å². The lowest BCUT2D eigenvalue weighted by molar-refractivity contribution is -0.384. The molecule has 0 unspecified atom stereocenters. The lowest BCUT2D eigenvalue weighted by Crippen LogP contribution is -2.34. The van der Waals surface area contributed by atoms with E-state index in [1.54, 1.807) is 0 Å². The minimum atomic E-state index is -0.504. The Morgan fingerprint density at radius 1 is 1.36 bits per heavy atom. The number of carbonyl (C=O) groups is 1. The van der Waals surface area contributed by atoms with Crippen molar-refractivity contribution in [3.05, 3.63) is 28.3 Å². The first-order chi connectivity index (χ1) is 12.0. The molecule has 2 N–H and O–H groups in total. The molecule has 0 radical (unpaired) electrons. The summed E-state index contributed by atoms with van der Waals surface area (Å²) in [5.74, 6) is 0.884. The van der Waals surface area contributed by atoms with Gasteiger partial charge in [-0.05, 0) is 30.6 Å². The van der Waals surface area contributed by atoms with Crippen LogP contribution in [0.1, 0.15) is 44.9 Å². The zero-order valence-corrected chi connectivity index (χ0v) is 15.1. The Hall–Kier alpha value is -2.22. The summed E-state index contributed by atoms with van der Waals surface area (Å²) in [6.45, 7) is 0. The Morgan fingerprint density at radius 2 is 2.08 bits per heavy atom. The summed E-state index contributed by atoms with van der Waals surface area (Å²) in [5.41, 5.74) is 0.254. The van der Waals surface area contributed by atoms with E-state index in [0.29, 0.717) is 23.8 Å². The number of methoxy groups -OCH3 is 1. The maximum absolute atomic E-state index is 12.0. The summed E-state index contributed by atoms with van der Waals surface area (Å²) in [7, 11) is 1.46. The molecular weight excluding hydrogens is 342 g/mol.